The van der Waals surface area contributed by atoms with E-state index in [9.17, 15) is 13.2 Å². The Morgan fingerprint density at radius 2 is 1.78 bits per heavy atom. The number of oxazole rings is 1. The summed E-state index contributed by atoms with van der Waals surface area (Å²) in [4.78, 5) is 20.7. The normalized spacial score (nSPS) is 11.3. The fraction of sp³-hybridized carbons (Fsp3) is 0.136. The lowest BCUT2D eigenvalue weighted by molar-refractivity contribution is 0.102. The highest BCUT2D eigenvalue weighted by Crippen LogP contribution is 2.29. The van der Waals surface area contributed by atoms with Crippen LogP contribution in [0.3, 0.4) is 0 Å². The summed E-state index contributed by atoms with van der Waals surface area (Å²) in [6.07, 6.45) is 2.57. The molecule has 0 saturated heterocycles. The first-order chi connectivity index (χ1) is 15.3. The van der Waals surface area contributed by atoms with Crippen molar-refractivity contribution in [3.05, 3.63) is 71.7 Å². The molecule has 2 aromatic carbocycles. The van der Waals surface area contributed by atoms with E-state index in [1.165, 1.54) is 25.8 Å². The Kier molecular flexibility index (Phi) is 5.54. The third-order valence-electron chi connectivity index (χ3n) is 4.88. The van der Waals surface area contributed by atoms with Crippen molar-refractivity contribution in [2.45, 2.75) is 18.7 Å². The molecule has 9 nitrogen and oxygen atoms in total. The number of pyridine rings is 1. The Morgan fingerprint density at radius 1 is 1.06 bits per heavy atom. The van der Waals surface area contributed by atoms with Gasteiger partial charge in [0.1, 0.15) is 5.52 Å². The smallest absolute Gasteiger partial charge is 0.267 e. The van der Waals surface area contributed by atoms with Crippen molar-refractivity contribution in [3.63, 3.8) is 0 Å². The topological polar surface area (TPSA) is 123 Å². The molecule has 10 heteroatoms. The molecule has 0 bridgehead atoms. The van der Waals surface area contributed by atoms with Crippen molar-refractivity contribution >= 4 is 38.4 Å². The number of carbonyl (C=O) groups excluding carboxylic acids is 1. The van der Waals surface area contributed by atoms with Crippen LogP contribution in [0.25, 0.3) is 11.1 Å². The van der Waals surface area contributed by atoms with Crippen molar-refractivity contribution in [2.75, 3.05) is 17.1 Å². The number of aryl methyl sites for hydroxylation is 2. The third-order valence-corrected chi connectivity index (χ3v) is 6.22. The average Bonchev–Trinajstić information content (AvgIpc) is 3.25. The Labute approximate surface area is 184 Å². The molecule has 0 aliphatic heterocycles. The van der Waals surface area contributed by atoms with E-state index >= 15 is 0 Å². The monoisotopic (exact) mass is 452 g/mol. The zero-order chi connectivity index (χ0) is 22.9. The van der Waals surface area contributed by atoms with Crippen molar-refractivity contribution < 1.29 is 22.4 Å². The molecule has 2 aromatic heterocycles. The summed E-state index contributed by atoms with van der Waals surface area (Å²) in [6, 6.07) is 11.7. The van der Waals surface area contributed by atoms with Gasteiger partial charge in [-0.15, -0.1) is 0 Å². The standard InChI is InChI=1S/C22H20N4O5S/c1-13-6-4-7-14(2)19(13)26-32(28,29)18-10-15(11-23-22(18)30-3)25-21(27)16-8-5-9-17-20(16)31-12-24-17/h4-12,26H,1-3H3,(H,25,27). The number of para-hydroxylation sites is 2. The van der Waals surface area contributed by atoms with E-state index in [-0.39, 0.29) is 22.0 Å². The molecule has 0 atom stereocenters. The fourth-order valence-electron chi connectivity index (χ4n) is 3.27. The minimum atomic E-state index is -4.07. The maximum Gasteiger partial charge on any atom is 0.267 e. The Balaban J connectivity index is 1.68. The molecule has 32 heavy (non-hydrogen) atoms. The van der Waals surface area contributed by atoms with Gasteiger partial charge in [0.15, 0.2) is 16.9 Å². The molecule has 0 fully saturated rings. The van der Waals surface area contributed by atoms with Crippen molar-refractivity contribution in [3.8, 4) is 5.88 Å². The van der Waals surface area contributed by atoms with E-state index in [1.807, 2.05) is 6.07 Å². The molecule has 0 unspecified atom stereocenters. The van der Waals surface area contributed by atoms with E-state index < -0.39 is 15.9 Å². The lowest BCUT2D eigenvalue weighted by atomic mass is 10.1. The molecule has 2 heterocycles. The SMILES string of the molecule is COc1ncc(NC(=O)c2cccc3ncoc23)cc1S(=O)(=O)Nc1c(C)cccc1C. The highest BCUT2D eigenvalue weighted by atomic mass is 32.2. The van der Waals surface area contributed by atoms with Crippen LogP contribution in [0.2, 0.25) is 0 Å². The number of benzene rings is 2. The van der Waals surface area contributed by atoms with Crippen LogP contribution >= 0.6 is 0 Å². The van der Waals surface area contributed by atoms with Crippen LogP contribution in [-0.2, 0) is 10.0 Å². The Hall–Kier alpha value is -3.92. The first kappa shape index (κ1) is 21.3. The van der Waals surface area contributed by atoms with Crippen LogP contribution in [0.4, 0.5) is 11.4 Å². The van der Waals surface area contributed by atoms with Crippen LogP contribution in [0.1, 0.15) is 21.5 Å². The summed E-state index contributed by atoms with van der Waals surface area (Å²) in [5, 5.41) is 2.65. The summed E-state index contributed by atoms with van der Waals surface area (Å²) >= 11 is 0. The first-order valence-electron chi connectivity index (χ1n) is 9.57. The molecule has 164 valence electrons. The minimum Gasteiger partial charge on any atom is -0.480 e. The second-order valence-electron chi connectivity index (χ2n) is 7.06. The number of sulfonamides is 1. The molecule has 0 aliphatic carbocycles. The molecule has 4 aromatic rings. The van der Waals surface area contributed by atoms with E-state index in [0.29, 0.717) is 16.8 Å². The van der Waals surface area contributed by atoms with Crippen LogP contribution in [0, 0.1) is 13.8 Å². The molecule has 1 amide bonds. The van der Waals surface area contributed by atoms with Gasteiger partial charge >= 0.3 is 0 Å². The van der Waals surface area contributed by atoms with Crippen LogP contribution in [-0.4, -0.2) is 31.4 Å². The van der Waals surface area contributed by atoms with Crippen LogP contribution in [0.5, 0.6) is 5.88 Å². The number of anilines is 2. The number of hydrogen-bond donors (Lipinski definition) is 2. The second kappa shape index (κ2) is 8.31. The van der Waals surface area contributed by atoms with E-state index in [0.717, 1.165) is 11.1 Å². The van der Waals surface area contributed by atoms with Gasteiger partial charge in [-0.3, -0.25) is 9.52 Å². The summed E-state index contributed by atoms with van der Waals surface area (Å²) in [6.45, 7) is 3.61. The fourth-order valence-corrected chi connectivity index (χ4v) is 4.62. The molecular formula is C22H20N4O5S. The number of hydrogen-bond acceptors (Lipinski definition) is 7. The third kappa shape index (κ3) is 4.00. The van der Waals surface area contributed by atoms with Gasteiger partial charge in [0.2, 0.25) is 5.88 Å². The Morgan fingerprint density at radius 3 is 2.50 bits per heavy atom. The van der Waals surface area contributed by atoms with E-state index in [2.05, 4.69) is 20.0 Å². The maximum absolute atomic E-state index is 13.2. The quantitative estimate of drug-likeness (QED) is 0.455. The van der Waals surface area contributed by atoms with E-state index in [1.54, 1.807) is 44.2 Å². The van der Waals surface area contributed by atoms with Crippen LogP contribution < -0.4 is 14.8 Å². The van der Waals surface area contributed by atoms with Crippen molar-refractivity contribution in [1.82, 2.24) is 9.97 Å². The number of amides is 1. The lowest BCUT2D eigenvalue weighted by Crippen LogP contribution is -2.18. The highest BCUT2D eigenvalue weighted by molar-refractivity contribution is 7.92. The molecule has 2 N–H and O–H groups in total. The zero-order valence-corrected chi connectivity index (χ0v) is 18.4. The molecule has 0 saturated carbocycles. The maximum atomic E-state index is 13.2. The number of methoxy groups -OCH3 is 1. The summed E-state index contributed by atoms with van der Waals surface area (Å²) in [7, 11) is -2.74. The van der Waals surface area contributed by atoms with Gasteiger partial charge in [-0.05, 0) is 43.2 Å². The predicted molar refractivity (Wildman–Crippen MR) is 119 cm³/mol. The van der Waals surface area contributed by atoms with Gasteiger partial charge in [-0.25, -0.2) is 18.4 Å². The van der Waals surface area contributed by atoms with Gasteiger partial charge < -0.3 is 14.5 Å². The largest absolute Gasteiger partial charge is 0.480 e. The first-order valence-corrected chi connectivity index (χ1v) is 11.0. The second-order valence-corrected chi connectivity index (χ2v) is 8.71. The number of nitrogens with one attached hydrogen (secondary N) is 2. The Bertz CT molecular complexity index is 1410. The molecule has 0 spiro atoms. The number of carbonyl (C=O) groups is 1. The average molecular weight is 452 g/mol. The number of rotatable bonds is 6. The number of ether oxygens (including phenoxy) is 1. The zero-order valence-electron chi connectivity index (χ0n) is 17.5. The summed E-state index contributed by atoms with van der Waals surface area (Å²) < 4.78 is 39.4. The number of aromatic nitrogens is 2. The van der Waals surface area contributed by atoms with Gasteiger partial charge in [0, 0.05) is 0 Å². The number of fused-ring (bicyclic) bond motifs is 1. The van der Waals surface area contributed by atoms with Crippen LogP contribution in [0.15, 0.2) is 64.4 Å². The molecule has 0 radical (unpaired) electrons. The molecule has 0 aliphatic rings. The molecular weight excluding hydrogens is 432 g/mol. The highest BCUT2D eigenvalue weighted by Gasteiger charge is 2.24. The van der Waals surface area contributed by atoms with Gasteiger partial charge in [0.25, 0.3) is 15.9 Å². The predicted octanol–water partition coefficient (Wildman–Crippen LogP) is 3.90. The van der Waals surface area contributed by atoms with Gasteiger partial charge in [-0.2, -0.15) is 0 Å². The van der Waals surface area contributed by atoms with E-state index in [4.69, 9.17) is 9.15 Å². The summed E-state index contributed by atoms with van der Waals surface area (Å²) in [5.41, 5.74) is 3.31. The molecule has 4 rings (SSSR count). The van der Waals surface area contributed by atoms with Crippen molar-refractivity contribution in [2.24, 2.45) is 0 Å². The minimum absolute atomic E-state index is 0.0981. The lowest BCUT2D eigenvalue weighted by Gasteiger charge is -2.15. The van der Waals surface area contributed by atoms with Gasteiger partial charge in [0.05, 0.1) is 30.2 Å². The summed E-state index contributed by atoms with van der Waals surface area (Å²) in [5.74, 6) is -0.593. The van der Waals surface area contributed by atoms with Crippen molar-refractivity contribution in [1.29, 1.82) is 0 Å². The van der Waals surface area contributed by atoms with Gasteiger partial charge in [-0.1, -0.05) is 24.3 Å². The number of nitrogens with zero attached hydrogens (tertiary/aromatic N) is 2.